The number of ether oxygens (including phenoxy) is 1. The molecule has 2 heterocycles. The molecule has 0 spiro atoms. The molecule has 3 rings (SSSR count). The summed E-state index contributed by atoms with van der Waals surface area (Å²) in [6.45, 7) is 4.08. The summed E-state index contributed by atoms with van der Waals surface area (Å²) in [6.07, 6.45) is 0.710. The van der Waals surface area contributed by atoms with Crippen LogP contribution >= 0.6 is 0 Å². The molecule has 4 nitrogen and oxygen atoms in total. The summed E-state index contributed by atoms with van der Waals surface area (Å²) >= 11 is 0. The van der Waals surface area contributed by atoms with Gasteiger partial charge in [0.25, 0.3) is 0 Å². The van der Waals surface area contributed by atoms with Gasteiger partial charge in [-0.1, -0.05) is 24.3 Å². The number of nitrogens with two attached hydrogens (primary N) is 1. The van der Waals surface area contributed by atoms with Crippen molar-refractivity contribution < 1.29 is 4.74 Å². The van der Waals surface area contributed by atoms with Gasteiger partial charge in [-0.25, -0.2) is 4.98 Å². The van der Waals surface area contributed by atoms with Gasteiger partial charge in [0.15, 0.2) is 0 Å². The minimum atomic E-state index is -0.0826. The predicted octanol–water partition coefficient (Wildman–Crippen LogP) is 3.26. The lowest BCUT2D eigenvalue weighted by Gasteiger charge is -2.12. The summed E-state index contributed by atoms with van der Waals surface area (Å²) in [5, 5.41) is 0. The quantitative estimate of drug-likeness (QED) is 0.803. The number of rotatable bonds is 4. The molecule has 0 aliphatic rings. The molecule has 1 aromatic carbocycles. The van der Waals surface area contributed by atoms with E-state index in [1.54, 1.807) is 7.11 Å². The monoisotopic (exact) mass is 295 g/mol. The Kier molecular flexibility index (Phi) is 3.86. The number of aromatic nitrogens is 2. The SMILES string of the molecule is COc1ccccc1Cc1nc2cccc(C)n2c1C(C)N. The topological polar surface area (TPSA) is 52.5 Å². The van der Waals surface area contributed by atoms with Gasteiger partial charge in [0.05, 0.1) is 18.5 Å². The van der Waals surface area contributed by atoms with Crippen molar-refractivity contribution >= 4 is 5.65 Å². The van der Waals surface area contributed by atoms with Crippen molar-refractivity contribution in [3.8, 4) is 5.75 Å². The van der Waals surface area contributed by atoms with Gasteiger partial charge in [0.2, 0.25) is 0 Å². The number of pyridine rings is 1. The van der Waals surface area contributed by atoms with Crippen LogP contribution in [0.3, 0.4) is 0 Å². The average Bonchev–Trinajstić information content (AvgIpc) is 2.87. The third-order valence-electron chi connectivity index (χ3n) is 3.93. The van der Waals surface area contributed by atoms with E-state index in [1.165, 1.54) is 0 Å². The van der Waals surface area contributed by atoms with Crippen LogP contribution in [0.1, 0.15) is 35.6 Å². The maximum atomic E-state index is 6.23. The Hall–Kier alpha value is -2.33. The molecule has 1 unspecified atom stereocenters. The Morgan fingerprint density at radius 3 is 2.68 bits per heavy atom. The van der Waals surface area contributed by atoms with E-state index in [2.05, 4.69) is 23.5 Å². The van der Waals surface area contributed by atoms with Crippen LogP contribution in [0.5, 0.6) is 5.75 Å². The molecular weight excluding hydrogens is 274 g/mol. The Morgan fingerprint density at radius 2 is 1.95 bits per heavy atom. The largest absolute Gasteiger partial charge is 0.496 e. The molecule has 0 saturated heterocycles. The zero-order valence-corrected chi connectivity index (χ0v) is 13.2. The van der Waals surface area contributed by atoms with Crippen molar-refractivity contribution in [3.05, 3.63) is 65.1 Å². The lowest BCUT2D eigenvalue weighted by molar-refractivity contribution is 0.410. The van der Waals surface area contributed by atoms with Crippen LogP contribution in [-0.2, 0) is 6.42 Å². The van der Waals surface area contributed by atoms with Crippen LogP contribution in [0.25, 0.3) is 5.65 Å². The fourth-order valence-corrected chi connectivity index (χ4v) is 2.95. The number of methoxy groups -OCH3 is 1. The molecule has 2 aromatic heterocycles. The van der Waals surface area contributed by atoms with E-state index in [4.69, 9.17) is 15.5 Å². The van der Waals surface area contributed by atoms with E-state index >= 15 is 0 Å². The predicted molar refractivity (Wildman–Crippen MR) is 88.3 cm³/mol. The highest BCUT2D eigenvalue weighted by Crippen LogP contribution is 2.26. The summed E-state index contributed by atoms with van der Waals surface area (Å²) in [6, 6.07) is 14.1. The Bertz CT molecular complexity index is 805. The van der Waals surface area contributed by atoms with Crippen LogP contribution in [-0.4, -0.2) is 16.5 Å². The molecule has 0 aliphatic heterocycles. The standard InChI is InChI=1S/C18H21N3O/c1-12-7-6-10-17-20-15(18(13(2)19)21(12)17)11-14-8-4-5-9-16(14)22-3/h4-10,13H,11,19H2,1-3H3. The number of fused-ring (bicyclic) bond motifs is 1. The lowest BCUT2D eigenvalue weighted by Crippen LogP contribution is -2.12. The number of para-hydroxylation sites is 1. The van der Waals surface area contributed by atoms with Crippen molar-refractivity contribution in [1.29, 1.82) is 0 Å². The summed E-state index contributed by atoms with van der Waals surface area (Å²) in [5.74, 6) is 0.881. The number of nitrogens with zero attached hydrogens (tertiary/aromatic N) is 2. The second-order valence-corrected chi connectivity index (χ2v) is 5.58. The second kappa shape index (κ2) is 5.81. The molecular formula is C18H21N3O. The zero-order chi connectivity index (χ0) is 15.7. The van der Waals surface area contributed by atoms with Crippen molar-refractivity contribution in [2.45, 2.75) is 26.3 Å². The third-order valence-corrected chi connectivity index (χ3v) is 3.93. The van der Waals surface area contributed by atoms with Gasteiger partial charge < -0.3 is 10.5 Å². The van der Waals surface area contributed by atoms with Crippen molar-refractivity contribution in [1.82, 2.24) is 9.38 Å². The Balaban J connectivity index is 2.15. The Morgan fingerprint density at radius 1 is 1.18 bits per heavy atom. The third kappa shape index (κ3) is 2.46. The first-order chi connectivity index (χ1) is 10.6. The van der Waals surface area contributed by atoms with E-state index in [9.17, 15) is 0 Å². The molecule has 0 amide bonds. The van der Waals surface area contributed by atoms with Crippen LogP contribution < -0.4 is 10.5 Å². The number of imidazole rings is 1. The molecule has 4 heteroatoms. The van der Waals surface area contributed by atoms with Crippen molar-refractivity contribution in [2.24, 2.45) is 5.73 Å². The number of hydrogen-bond acceptors (Lipinski definition) is 3. The molecule has 114 valence electrons. The van der Waals surface area contributed by atoms with Gasteiger partial charge in [-0.05, 0) is 32.0 Å². The van der Waals surface area contributed by atoms with E-state index in [0.29, 0.717) is 6.42 Å². The zero-order valence-electron chi connectivity index (χ0n) is 13.2. The second-order valence-electron chi connectivity index (χ2n) is 5.58. The number of benzene rings is 1. The van der Waals surface area contributed by atoms with Crippen LogP contribution in [0.2, 0.25) is 0 Å². The molecule has 0 fully saturated rings. The number of aryl methyl sites for hydroxylation is 1. The highest BCUT2D eigenvalue weighted by Gasteiger charge is 2.18. The van der Waals surface area contributed by atoms with Gasteiger partial charge in [0.1, 0.15) is 11.4 Å². The van der Waals surface area contributed by atoms with Crippen LogP contribution in [0.15, 0.2) is 42.5 Å². The number of hydrogen-bond donors (Lipinski definition) is 1. The summed E-state index contributed by atoms with van der Waals surface area (Å²) in [4.78, 5) is 4.79. The molecule has 2 N–H and O–H groups in total. The maximum Gasteiger partial charge on any atom is 0.137 e. The minimum absolute atomic E-state index is 0.0826. The van der Waals surface area contributed by atoms with Gasteiger partial charge in [-0.2, -0.15) is 0 Å². The van der Waals surface area contributed by atoms with Gasteiger partial charge in [-0.3, -0.25) is 4.40 Å². The highest BCUT2D eigenvalue weighted by molar-refractivity contribution is 5.48. The van der Waals surface area contributed by atoms with E-state index < -0.39 is 0 Å². The van der Waals surface area contributed by atoms with E-state index in [0.717, 1.165) is 34.0 Å². The average molecular weight is 295 g/mol. The molecule has 0 aliphatic carbocycles. The summed E-state index contributed by atoms with van der Waals surface area (Å²) in [5.41, 5.74) is 11.5. The summed E-state index contributed by atoms with van der Waals surface area (Å²) in [7, 11) is 1.69. The van der Waals surface area contributed by atoms with Gasteiger partial charge in [0, 0.05) is 23.7 Å². The van der Waals surface area contributed by atoms with Crippen molar-refractivity contribution in [2.75, 3.05) is 7.11 Å². The first kappa shape index (κ1) is 14.6. The van der Waals surface area contributed by atoms with Crippen LogP contribution in [0.4, 0.5) is 0 Å². The maximum absolute atomic E-state index is 6.23. The fraction of sp³-hybridized carbons (Fsp3) is 0.278. The smallest absolute Gasteiger partial charge is 0.137 e. The first-order valence-corrected chi connectivity index (χ1v) is 7.46. The Labute approximate surface area is 130 Å². The molecule has 1 atom stereocenters. The van der Waals surface area contributed by atoms with Gasteiger partial charge >= 0.3 is 0 Å². The minimum Gasteiger partial charge on any atom is -0.496 e. The first-order valence-electron chi connectivity index (χ1n) is 7.46. The molecule has 3 aromatic rings. The highest BCUT2D eigenvalue weighted by atomic mass is 16.5. The van der Waals surface area contributed by atoms with Crippen LogP contribution in [0, 0.1) is 6.92 Å². The summed E-state index contributed by atoms with van der Waals surface area (Å²) < 4.78 is 7.60. The molecule has 0 bridgehead atoms. The molecule has 0 saturated carbocycles. The van der Waals surface area contributed by atoms with E-state index in [1.807, 2.05) is 37.3 Å². The molecule has 0 radical (unpaired) electrons. The van der Waals surface area contributed by atoms with Gasteiger partial charge in [-0.15, -0.1) is 0 Å². The van der Waals surface area contributed by atoms with Crippen molar-refractivity contribution in [3.63, 3.8) is 0 Å². The lowest BCUT2D eigenvalue weighted by atomic mass is 10.1. The normalized spacial score (nSPS) is 12.5. The van der Waals surface area contributed by atoms with E-state index in [-0.39, 0.29) is 6.04 Å². The molecule has 22 heavy (non-hydrogen) atoms. The fourth-order valence-electron chi connectivity index (χ4n) is 2.95.